The maximum absolute atomic E-state index is 10.1. The molecule has 1 fully saturated rings. The van der Waals surface area contributed by atoms with Crippen molar-refractivity contribution in [1.29, 1.82) is 0 Å². The third kappa shape index (κ3) is 4.49. The van der Waals surface area contributed by atoms with E-state index in [1.165, 1.54) is 6.07 Å². The van der Waals surface area contributed by atoms with E-state index >= 15 is 0 Å². The first-order chi connectivity index (χ1) is 16.1. The molecule has 0 atom stereocenters. The largest absolute Gasteiger partial charge is 0.504 e. The number of benzene rings is 1. The monoisotopic (exact) mass is 440 g/mol. The highest BCUT2D eigenvalue weighted by Gasteiger charge is 2.24. The predicted octanol–water partition coefficient (Wildman–Crippen LogP) is 2.32. The molecule has 3 N–H and O–H groups in total. The standard InChI is InChI=1S/C24H25BN6O2/c25-19-14-28-31-22(27-13-16-3-2-8-26-12-16)11-20(29-24(19)31)17-6-9-30(10-7-17)15-18-4-1-5-21(32)23(18)33/h1-5,8,11-12,14,17,27,32-33H,6-7,9-10,13,15H2. The summed E-state index contributed by atoms with van der Waals surface area (Å²) < 4.78 is 1.75. The van der Waals surface area contributed by atoms with E-state index in [0.717, 1.165) is 48.6 Å². The molecule has 0 bridgehead atoms. The Balaban J connectivity index is 1.31. The zero-order valence-electron chi connectivity index (χ0n) is 18.2. The number of fused-ring (bicyclic) bond motifs is 1. The van der Waals surface area contributed by atoms with Gasteiger partial charge >= 0.3 is 0 Å². The maximum Gasteiger partial charge on any atom is 0.161 e. The first-order valence-electron chi connectivity index (χ1n) is 11.1. The molecule has 8 nitrogen and oxygen atoms in total. The topological polar surface area (TPSA) is 98.8 Å². The summed E-state index contributed by atoms with van der Waals surface area (Å²) in [7, 11) is 6.15. The molecule has 0 aliphatic carbocycles. The van der Waals surface area contributed by atoms with Crippen LogP contribution in [-0.2, 0) is 13.1 Å². The number of phenolic OH excluding ortho intramolecular Hbond substituents is 2. The molecular formula is C24H25BN6O2. The Morgan fingerprint density at radius 1 is 1.09 bits per heavy atom. The molecule has 0 spiro atoms. The molecule has 2 radical (unpaired) electrons. The number of para-hydroxylation sites is 1. The van der Waals surface area contributed by atoms with Gasteiger partial charge in [-0.05, 0) is 49.1 Å². The van der Waals surface area contributed by atoms with Crippen LogP contribution in [0.3, 0.4) is 0 Å². The molecule has 166 valence electrons. The van der Waals surface area contributed by atoms with Gasteiger partial charge in [-0.2, -0.15) is 9.61 Å². The van der Waals surface area contributed by atoms with Crippen LogP contribution in [0.2, 0.25) is 0 Å². The van der Waals surface area contributed by atoms with Crippen molar-refractivity contribution in [3.05, 3.63) is 71.8 Å². The van der Waals surface area contributed by atoms with Crippen molar-refractivity contribution >= 4 is 24.8 Å². The second-order valence-electron chi connectivity index (χ2n) is 8.45. The minimum Gasteiger partial charge on any atom is -0.504 e. The second kappa shape index (κ2) is 9.11. The number of likely N-dealkylation sites (tertiary alicyclic amines) is 1. The highest BCUT2D eigenvalue weighted by atomic mass is 16.3. The average molecular weight is 440 g/mol. The van der Waals surface area contributed by atoms with Crippen LogP contribution in [-0.4, -0.2) is 55.6 Å². The van der Waals surface area contributed by atoms with Gasteiger partial charge in [-0.1, -0.05) is 18.2 Å². The molecule has 0 saturated carbocycles. The molecule has 1 saturated heterocycles. The third-order valence-corrected chi connectivity index (χ3v) is 6.21. The SMILES string of the molecule is [B]c1cnn2c(NCc3cccnc3)cc(C3CCN(Cc4cccc(O)c4O)CC3)nc12. The minimum atomic E-state index is -0.0791. The van der Waals surface area contributed by atoms with E-state index in [4.69, 9.17) is 12.8 Å². The first kappa shape index (κ1) is 21.3. The van der Waals surface area contributed by atoms with Gasteiger partial charge in [0.05, 0.1) is 0 Å². The second-order valence-corrected chi connectivity index (χ2v) is 8.45. The summed E-state index contributed by atoms with van der Waals surface area (Å²) >= 11 is 0. The van der Waals surface area contributed by atoms with Crippen LogP contribution in [0.1, 0.15) is 35.6 Å². The fourth-order valence-electron chi connectivity index (χ4n) is 4.36. The van der Waals surface area contributed by atoms with Crippen LogP contribution in [0.25, 0.3) is 5.65 Å². The van der Waals surface area contributed by atoms with Crippen LogP contribution < -0.4 is 10.8 Å². The Morgan fingerprint density at radius 2 is 1.94 bits per heavy atom. The lowest BCUT2D eigenvalue weighted by molar-refractivity contribution is 0.201. The fourth-order valence-corrected chi connectivity index (χ4v) is 4.36. The number of hydrogen-bond acceptors (Lipinski definition) is 7. The minimum absolute atomic E-state index is 0.0349. The van der Waals surface area contributed by atoms with Crippen LogP contribution in [0.4, 0.5) is 5.82 Å². The van der Waals surface area contributed by atoms with Crippen molar-refractivity contribution < 1.29 is 10.2 Å². The van der Waals surface area contributed by atoms with Crippen LogP contribution in [0, 0.1) is 0 Å². The van der Waals surface area contributed by atoms with Crippen LogP contribution >= 0.6 is 0 Å². The number of nitrogens with zero attached hydrogens (tertiary/aromatic N) is 5. The molecule has 5 rings (SSSR count). The zero-order valence-corrected chi connectivity index (χ0v) is 18.2. The maximum atomic E-state index is 10.1. The molecule has 3 aromatic heterocycles. The number of rotatable bonds is 6. The van der Waals surface area contributed by atoms with Crippen molar-refractivity contribution in [3.63, 3.8) is 0 Å². The van der Waals surface area contributed by atoms with Crippen molar-refractivity contribution in [3.8, 4) is 11.5 Å². The lowest BCUT2D eigenvalue weighted by Gasteiger charge is -2.32. The van der Waals surface area contributed by atoms with E-state index in [-0.39, 0.29) is 11.5 Å². The number of hydrogen-bond donors (Lipinski definition) is 3. The van der Waals surface area contributed by atoms with Gasteiger partial charge in [0.25, 0.3) is 0 Å². The Bertz CT molecular complexity index is 1250. The van der Waals surface area contributed by atoms with Gasteiger partial charge in [0.1, 0.15) is 19.3 Å². The summed E-state index contributed by atoms with van der Waals surface area (Å²) in [5.74, 6) is 1.04. The van der Waals surface area contributed by atoms with Gasteiger partial charge in [-0.25, -0.2) is 4.98 Å². The van der Waals surface area contributed by atoms with E-state index in [0.29, 0.717) is 30.1 Å². The molecule has 0 amide bonds. The molecule has 1 aliphatic heterocycles. The van der Waals surface area contributed by atoms with Crippen molar-refractivity contribution in [1.82, 2.24) is 24.5 Å². The first-order valence-corrected chi connectivity index (χ1v) is 11.1. The zero-order chi connectivity index (χ0) is 22.8. The van der Waals surface area contributed by atoms with Gasteiger partial charge < -0.3 is 15.5 Å². The molecule has 9 heteroatoms. The van der Waals surface area contributed by atoms with Crippen LogP contribution in [0.5, 0.6) is 11.5 Å². The normalized spacial score (nSPS) is 15.2. The van der Waals surface area contributed by atoms with Crippen LogP contribution in [0.15, 0.2) is 55.0 Å². The van der Waals surface area contributed by atoms with Crippen molar-refractivity contribution in [2.45, 2.75) is 31.8 Å². The summed E-state index contributed by atoms with van der Waals surface area (Å²) in [5.41, 5.74) is 4.03. The van der Waals surface area contributed by atoms with E-state index in [9.17, 15) is 10.2 Å². The van der Waals surface area contributed by atoms with Gasteiger partial charge in [0.2, 0.25) is 0 Å². The lowest BCUT2D eigenvalue weighted by Crippen LogP contribution is -2.32. The number of nitrogens with one attached hydrogen (secondary N) is 1. The summed E-state index contributed by atoms with van der Waals surface area (Å²) in [4.78, 5) is 11.3. The predicted molar refractivity (Wildman–Crippen MR) is 127 cm³/mol. The van der Waals surface area contributed by atoms with Crippen molar-refractivity contribution in [2.75, 3.05) is 18.4 Å². The molecule has 1 aromatic carbocycles. The number of aromatic nitrogens is 4. The highest BCUT2D eigenvalue weighted by molar-refractivity contribution is 6.36. The summed E-state index contributed by atoms with van der Waals surface area (Å²) in [6.45, 7) is 2.98. The Morgan fingerprint density at radius 3 is 2.73 bits per heavy atom. The molecule has 33 heavy (non-hydrogen) atoms. The van der Waals surface area contributed by atoms with E-state index in [2.05, 4.69) is 26.4 Å². The highest BCUT2D eigenvalue weighted by Crippen LogP contribution is 2.32. The lowest BCUT2D eigenvalue weighted by atomic mass is 9.92. The fraction of sp³-hybridized carbons (Fsp3) is 0.292. The number of aromatic hydroxyl groups is 2. The molecular weight excluding hydrogens is 415 g/mol. The van der Waals surface area contributed by atoms with Crippen molar-refractivity contribution in [2.24, 2.45) is 0 Å². The molecule has 4 aromatic rings. The summed E-state index contributed by atoms with van der Waals surface area (Å²) in [5, 5.41) is 27.7. The number of anilines is 1. The Hall–Kier alpha value is -3.59. The number of pyridine rings is 1. The van der Waals surface area contributed by atoms with Gasteiger partial charge in [-0.3, -0.25) is 9.88 Å². The summed E-state index contributed by atoms with van der Waals surface area (Å²) in [6, 6.07) is 11.1. The van der Waals surface area contributed by atoms with Gasteiger partial charge in [-0.15, -0.1) is 0 Å². The molecule has 1 aliphatic rings. The molecule has 4 heterocycles. The van der Waals surface area contributed by atoms with E-state index < -0.39 is 0 Å². The Labute approximate surface area is 193 Å². The smallest absolute Gasteiger partial charge is 0.161 e. The van der Waals surface area contributed by atoms with Gasteiger partial charge in [0, 0.05) is 54.9 Å². The van der Waals surface area contributed by atoms with Gasteiger partial charge in [0.15, 0.2) is 11.5 Å². The third-order valence-electron chi connectivity index (χ3n) is 6.21. The van der Waals surface area contributed by atoms with E-state index in [1.54, 1.807) is 23.0 Å². The van der Waals surface area contributed by atoms with E-state index in [1.807, 2.05) is 24.4 Å². The summed E-state index contributed by atoms with van der Waals surface area (Å²) in [6.07, 6.45) is 7.11. The molecule has 0 unspecified atom stereocenters. The quantitative estimate of drug-likeness (QED) is 0.313. The number of phenols is 2. The average Bonchev–Trinajstić information content (AvgIpc) is 3.22. The number of piperidine rings is 1. The Kier molecular flexibility index (Phi) is 5.87.